The lowest BCUT2D eigenvalue weighted by Crippen LogP contribution is -2.49. The number of aromatic amines is 1. The van der Waals surface area contributed by atoms with Gasteiger partial charge in [0, 0.05) is 23.9 Å². The predicted octanol–water partition coefficient (Wildman–Crippen LogP) is 3.80. The summed E-state index contributed by atoms with van der Waals surface area (Å²) in [6, 6.07) is 13.7. The molecule has 1 atom stereocenters. The molecule has 0 radical (unpaired) electrons. The topological polar surface area (TPSA) is 127 Å². The van der Waals surface area contributed by atoms with E-state index in [0.717, 1.165) is 11.1 Å². The van der Waals surface area contributed by atoms with Gasteiger partial charge in [-0.15, -0.1) is 0 Å². The van der Waals surface area contributed by atoms with Gasteiger partial charge in [0.15, 0.2) is 0 Å². The van der Waals surface area contributed by atoms with Crippen molar-refractivity contribution in [1.82, 2.24) is 19.9 Å². The number of aromatic nitrogens is 3. The first kappa shape index (κ1) is 25.2. The highest BCUT2D eigenvalue weighted by Crippen LogP contribution is 2.35. The Hall–Kier alpha value is -4.44. The minimum Gasteiger partial charge on any atom is -0.507 e. The number of nitrogens with one attached hydrogen (secondary N) is 1. The Balaban J connectivity index is 1.44. The average molecular weight is 517 g/mol. The summed E-state index contributed by atoms with van der Waals surface area (Å²) < 4.78 is 16.0. The Morgan fingerprint density at radius 3 is 2.87 bits per heavy atom. The van der Waals surface area contributed by atoms with Crippen LogP contribution in [0.15, 0.2) is 54.7 Å². The number of hydrogen-bond acceptors (Lipinski definition) is 8. The van der Waals surface area contributed by atoms with Crippen LogP contribution in [-0.2, 0) is 14.3 Å². The number of rotatable bonds is 7. The van der Waals surface area contributed by atoms with Crippen molar-refractivity contribution in [3.63, 3.8) is 0 Å². The lowest BCUT2D eigenvalue weighted by atomic mass is 10.0. The normalized spacial score (nSPS) is 15.4. The molecule has 2 N–H and O–H groups in total. The summed E-state index contributed by atoms with van der Waals surface area (Å²) in [5.74, 6) is 0.427. The maximum atomic E-state index is 13.4. The first-order valence-electron chi connectivity index (χ1n) is 12.3. The summed E-state index contributed by atoms with van der Waals surface area (Å²) in [6.45, 7) is 3.09. The van der Waals surface area contributed by atoms with Crippen LogP contribution in [-0.4, -0.2) is 76.4 Å². The molecule has 1 aliphatic rings. The van der Waals surface area contributed by atoms with Crippen molar-refractivity contribution in [2.24, 2.45) is 0 Å². The number of hydrogen-bond donors (Lipinski definition) is 2. The van der Waals surface area contributed by atoms with Crippen molar-refractivity contribution in [2.45, 2.75) is 19.4 Å². The van der Waals surface area contributed by atoms with Crippen molar-refractivity contribution in [1.29, 1.82) is 0 Å². The number of esters is 1. The van der Waals surface area contributed by atoms with Gasteiger partial charge in [-0.05, 0) is 55.0 Å². The van der Waals surface area contributed by atoms with E-state index < -0.39 is 6.04 Å². The van der Waals surface area contributed by atoms with E-state index in [9.17, 15) is 14.7 Å². The van der Waals surface area contributed by atoms with Gasteiger partial charge < -0.3 is 29.2 Å². The highest BCUT2D eigenvalue weighted by molar-refractivity contribution is 5.98. The van der Waals surface area contributed by atoms with Crippen molar-refractivity contribution < 1.29 is 28.9 Å². The largest absolute Gasteiger partial charge is 0.507 e. The van der Waals surface area contributed by atoms with Gasteiger partial charge in [-0.3, -0.25) is 9.59 Å². The predicted molar refractivity (Wildman–Crippen MR) is 140 cm³/mol. The minimum absolute atomic E-state index is 0.0575. The molecule has 0 saturated carbocycles. The van der Waals surface area contributed by atoms with Crippen LogP contribution >= 0.6 is 0 Å². The Morgan fingerprint density at radius 1 is 1.18 bits per heavy atom. The number of imidazole rings is 1. The zero-order valence-electron chi connectivity index (χ0n) is 21.1. The van der Waals surface area contributed by atoms with E-state index in [2.05, 4.69) is 15.0 Å². The molecule has 3 heterocycles. The molecule has 0 bridgehead atoms. The number of carbonyl (C=O) groups is 2. The zero-order chi connectivity index (χ0) is 26.6. The molecule has 10 heteroatoms. The number of methoxy groups -OCH3 is 1. The van der Waals surface area contributed by atoms with Crippen molar-refractivity contribution >= 4 is 22.9 Å². The molecule has 1 saturated heterocycles. The average Bonchev–Trinajstić information content (AvgIpc) is 3.36. The van der Waals surface area contributed by atoms with Gasteiger partial charge in [0.1, 0.15) is 11.6 Å². The fraction of sp³-hybridized carbons (Fsp3) is 0.286. The van der Waals surface area contributed by atoms with Crippen LogP contribution in [0.1, 0.15) is 23.7 Å². The number of H-pyrrole nitrogens is 1. The summed E-state index contributed by atoms with van der Waals surface area (Å²) in [7, 11) is 1.56. The zero-order valence-corrected chi connectivity index (χ0v) is 21.1. The second-order valence-electron chi connectivity index (χ2n) is 8.85. The molecule has 4 aromatic rings. The lowest BCUT2D eigenvalue weighted by molar-refractivity contribution is -0.145. The van der Waals surface area contributed by atoms with E-state index >= 15 is 0 Å². The van der Waals surface area contributed by atoms with Gasteiger partial charge in [0.05, 0.1) is 56.0 Å². The standard InChI is InChI=1S/C28H28N4O6/c1-3-38-25(34)15-19-16-37-12-11-32(19)28(35)18-6-8-22-23(14-18)31-26(30-22)21-13-17(7-9-24(21)33)20-5-4-10-29-27(20)36-2/h4-10,13-14,19,33H,3,11-12,15-16H2,1-2H3,(H,30,31). The molecule has 0 aliphatic carbocycles. The Bertz CT molecular complexity index is 1480. The van der Waals surface area contributed by atoms with Crippen molar-refractivity contribution in [2.75, 3.05) is 33.5 Å². The summed E-state index contributed by atoms with van der Waals surface area (Å²) in [5, 5.41) is 10.6. The molecule has 196 valence electrons. The van der Waals surface area contributed by atoms with E-state index in [1.807, 2.05) is 18.2 Å². The molecule has 2 aromatic heterocycles. The fourth-order valence-electron chi connectivity index (χ4n) is 4.61. The number of carbonyl (C=O) groups excluding carboxylic acids is 2. The van der Waals surface area contributed by atoms with Crippen molar-refractivity contribution in [3.8, 4) is 34.1 Å². The summed E-state index contributed by atoms with van der Waals surface area (Å²) in [6.07, 6.45) is 1.73. The monoisotopic (exact) mass is 516 g/mol. The molecule has 1 unspecified atom stereocenters. The van der Waals surface area contributed by atoms with Crippen LogP contribution in [0.2, 0.25) is 0 Å². The quantitative estimate of drug-likeness (QED) is 0.355. The third-order valence-electron chi connectivity index (χ3n) is 6.45. The molecule has 0 spiro atoms. The molecular formula is C28H28N4O6. The SMILES string of the molecule is CCOC(=O)CC1COCCN1C(=O)c1ccc2nc(-c3cc(-c4cccnc4OC)ccc3O)[nH]c2c1. The number of pyridine rings is 1. The molecule has 10 nitrogen and oxygen atoms in total. The van der Waals surface area contributed by atoms with Gasteiger partial charge in [-0.25, -0.2) is 9.97 Å². The van der Waals surface area contributed by atoms with E-state index in [0.29, 0.717) is 47.0 Å². The molecule has 5 rings (SSSR count). The van der Waals surface area contributed by atoms with Gasteiger partial charge in [0.2, 0.25) is 5.88 Å². The third-order valence-corrected chi connectivity index (χ3v) is 6.45. The van der Waals surface area contributed by atoms with E-state index in [4.69, 9.17) is 14.2 Å². The first-order valence-corrected chi connectivity index (χ1v) is 12.3. The molecule has 1 aliphatic heterocycles. The van der Waals surface area contributed by atoms with Gasteiger partial charge in [-0.2, -0.15) is 0 Å². The van der Waals surface area contributed by atoms with E-state index in [-0.39, 0.29) is 37.3 Å². The minimum atomic E-state index is -0.396. The third kappa shape index (κ3) is 5.03. The van der Waals surface area contributed by atoms with Crippen LogP contribution in [0.3, 0.4) is 0 Å². The Labute approximate surface area is 219 Å². The molecule has 2 aromatic carbocycles. The van der Waals surface area contributed by atoms with Crippen LogP contribution in [0, 0.1) is 0 Å². The molecular weight excluding hydrogens is 488 g/mol. The number of ether oxygens (including phenoxy) is 3. The number of benzene rings is 2. The van der Waals surface area contributed by atoms with E-state index in [1.165, 1.54) is 0 Å². The summed E-state index contributed by atoms with van der Waals surface area (Å²) in [5.41, 5.74) is 3.83. The molecule has 1 fully saturated rings. The number of aromatic hydroxyl groups is 1. The fourth-order valence-corrected chi connectivity index (χ4v) is 4.61. The van der Waals surface area contributed by atoms with E-state index in [1.54, 1.807) is 55.5 Å². The van der Waals surface area contributed by atoms with Crippen LogP contribution in [0.4, 0.5) is 0 Å². The van der Waals surface area contributed by atoms with Gasteiger partial charge in [0.25, 0.3) is 5.91 Å². The maximum absolute atomic E-state index is 13.4. The summed E-state index contributed by atoms with van der Waals surface area (Å²) in [4.78, 5) is 39.2. The second-order valence-corrected chi connectivity index (χ2v) is 8.85. The van der Waals surface area contributed by atoms with Crippen LogP contribution in [0.25, 0.3) is 33.5 Å². The lowest BCUT2D eigenvalue weighted by Gasteiger charge is -2.35. The van der Waals surface area contributed by atoms with Crippen LogP contribution in [0.5, 0.6) is 11.6 Å². The smallest absolute Gasteiger partial charge is 0.307 e. The summed E-state index contributed by atoms with van der Waals surface area (Å²) >= 11 is 0. The molecule has 1 amide bonds. The first-order chi connectivity index (χ1) is 18.5. The maximum Gasteiger partial charge on any atom is 0.307 e. The second kappa shape index (κ2) is 10.9. The molecule has 38 heavy (non-hydrogen) atoms. The highest BCUT2D eigenvalue weighted by atomic mass is 16.5. The number of fused-ring (bicyclic) bond motifs is 1. The van der Waals surface area contributed by atoms with Gasteiger partial charge >= 0.3 is 5.97 Å². The Kier molecular flexibility index (Phi) is 7.23. The number of nitrogens with zero attached hydrogens (tertiary/aromatic N) is 3. The Morgan fingerprint density at radius 2 is 2.05 bits per heavy atom. The number of morpholine rings is 1. The number of phenols is 1. The number of phenolic OH excluding ortho intramolecular Hbond substituents is 1. The highest BCUT2D eigenvalue weighted by Gasteiger charge is 2.30. The number of amides is 1. The van der Waals surface area contributed by atoms with Crippen LogP contribution < -0.4 is 4.74 Å². The van der Waals surface area contributed by atoms with Crippen molar-refractivity contribution in [3.05, 3.63) is 60.3 Å². The van der Waals surface area contributed by atoms with Gasteiger partial charge in [-0.1, -0.05) is 6.07 Å².